The van der Waals surface area contributed by atoms with Gasteiger partial charge in [0, 0.05) is 18.6 Å². The van der Waals surface area contributed by atoms with Gasteiger partial charge in [-0.2, -0.15) is 0 Å². The molecular weight excluding hydrogens is 266 g/mol. The second-order valence-corrected chi connectivity index (χ2v) is 6.97. The van der Waals surface area contributed by atoms with Crippen molar-refractivity contribution < 1.29 is 9.90 Å². The van der Waals surface area contributed by atoms with Crippen LogP contribution in [-0.2, 0) is 0 Å². The lowest BCUT2D eigenvalue weighted by molar-refractivity contribution is 0.00777. The number of nitrogens with zero attached hydrogens (tertiary/aromatic N) is 1. The van der Waals surface area contributed by atoms with Gasteiger partial charge in [-0.05, 0) is 52.6 Å². The summed E-state index contributed by atoms with van der Waals surface area (Å²) < 4.78 is 0. The number of hydrogen-bond acceptors (Lipinski definition) is 3. The summed E-state index contributed by atoms with van der Waals surface area (Å²) in [7, 11) is 4.19. The Bertz CT molecular complexity index is 331. The highest BCUT2D eigenvalue weighted by atomic mass is 16.3. The van der Waals surface area contributed by atoms with Crippen molar-refractivity contribution in [3.8, 4) is 0 Å². The van der Waals surface area contributed by atoms with Gasteiger partial charge in [0.15, 0.2) is 0 Å². The molecule has 0 radical (unpaired) electrons. The lowest BCUT2D eigenvalue weighted by Crippen LogP contribution is -2.51. The van der Waals surface area contributed by atoms with Crippen molar-refractivity contribution in [1.82, 2.24) is 15.5 Å². The Morgan fingerprint density at radius 1 is 1.43 bits per heavy atom. The first-order valence-corrected chi connectivity index (χ1v) is 8.19. The van der Waals surface area contributed by atoms with Gasteiger partial charge in [-0.3, -0.25) is 0 Å². The van der Waals surface area contributed by atoms with Crippen LogP contribution in [0.3, 0.4) is 0 Å². The molecule has 1 aliphatic rings. The number of hydrogen-bond donors (Lipinski definition) is 3. The molecule has 5 nitrogen and oxygen atoms in total. The van der Waals surface area contributed by atoms with Crippen molar-refractivity contribution >= 4 is 6.03 Å². The van der Waals surface area contributed by atoms with Crippen molar-refractivity contribution in [2.24, 2.45) is 5.92 Å². The molecule has 1 saturated carbocycles. The first-order valence-electron chi connectivity index (χ1n) is 8.19. The lowest BCUT2D eigenvalue weighted by atomic mass is 9.88. The molecule has 0 saturated heterocycles. The van der Waals surface area contributed by atoms with Gasteiger partial charge in [-0.25, -0.2) is 4.79 Å². The standard InChI is InChI=1S/C16H33N3O2/c1-6-12(2)16(3,21)11-17-15(20)18-13-8-7-9-14(10-13)19(4)5/h12-14,21H,6-11H2,1-5H3,(H2,17,18,20). The molecule has 0 bridgehead atoms. The molecule has 4 unspecified atom stereocenters. The van der Waals surface area contributed by atoms with E-state index in [0.29, 0.717) is 6.04 Å². The molecule has 0 aromatic rings. The Kier molecular flexibility index (Phi) is 6.94. The van der Waals surface area contributed by atoms with Crippen LogP contribution in [0.2, 0.25) is 0 Å². The highest BCUT2D eigenvalue weighted by Crippen LogP contribution is 2.22. The first kappa shape index (κ1) is 18.2. The van der Waals surface area contributed by atoms with Crippen LogP contribution < -0.4 is 10.6 Å². The van der Waals surface area contributed by atoms with Crippen LogP contribution in [0.1, 0.15) is 52.9 Å². The Labute approximate surface area is 129 Å². The molecule has 0 aromatic heterocycles. The molecule has 5 heteroatoms. The van der Waals surface area contributed by atoms with Gasteiger partial charge >= 0.3 is 6.03 Å². The van der Waals surface area contributed by atoms with Crippen molar-refractivity contribution in [2.75, 3.05) is 20.6 Å². The topological polar surface area (TPSA) is 64.6 Å². The Balaban J connectivity index is 2.37. The summed E-state index contributed by atoms with van der Waals surface area (Å²) in [5, 5.41) is 16.2. The third-order valence-corrected chi connectivity index (χ3v) is 4.99. The lowest BCUT2D eigenvalue weighted by Gasteiger charge is -2.34. The fourth-order valence-corrected chi connectivity index (χ4v) is 2.87. The summed E-state index contributed by atoms with van der Waals surface area (Å²) in [5.41, 5.74) is -0.856. The van der Waals surface area contributed by atoms with E-state index in [4.69, 9.17) is 0 Å². The van der Waals surface area contributed by atoms with Gasteiger partial charge in [0.05, 0.1) is 5.60 Å². The van der Waals surface area contributed by atoms with E-state index in [9.17, 15) is 9.90 Å². The maximum Gasteiger partial charge on any atom is 0.315 e. The fraction of sp³-hybridized carbons (Fsp3) is 0.938. The zero-order valence-corrected chi connectivity index (χ0v) is 14.3. The van der Waals surface area contributed by atoms with Crippen molar-refractivity contribution in [3.63, 3.8) is 0 Å². The molecule has 21 heavy (non-hydrogen) atoms. The summed E-state index contributed by atoms with van der Waals surface area (Å²) in [6, 6.07) is 0.620. The largest absolute Gasteiger partial charge is 0.388 e. The number of amides is 2. The minimum absolute atomic E-state index is 0.158. The summed E-state index contributed by atoms with van der Waals surface area (Å²) in [6.07, 6.45) is 5.29. The summed E-state index contributed by atoms with van der Waals surface area (Å²) in [5.74, 6) is 0.158. The number of nitrogens with one attached hydrogen (secondary N) is 2. The Hall–Kier alpha value is -0.810. The monoisotopic (exact) mass is 299 g/mol. The number of rotatable bonds is 6. The van der Waals surface area contributed by atoms with Gasteiger partial charge in [0.25, 0.3) is 0 Å². The molecule has 1 fully saturated rings. The SMILES string of the molecule is CCC(C)C(C)(O)CNC(=O)NC1CCCC(N(C)C)C1. The number of aliphatic hydroxyl groups is 1. The Morgan fingerprint density at radius 3 is 2.67 bits per heavy atom. The van der Waals surface area contributed by atoms with Gasteiger partial charge in [0.2, 0.25) is 0 Å². The average molecular weight is 299 g/mol. The van der Waals surface area contributed by atoms with Crippen LogP contribution >= 0.6 is 0 Å². The van der Waals surface area contributed by atoms with Crippen LogP contribution in [0.5, 0.6) is 0 Å². The number of urea groups is 1. The van der Waals surface area contributed by atoms with Gasteiger partial charge in [0.1, 0.15) is 0 Å². The van der Waals surface area contributed by atoms with Crippen molar-refractivity contribution in [1.29, 1.82) is 0 Å². The van der Waals surface area contributed by atoms with E-state index in [2.05, 4.69) is 29.6 Å². The van der Waals surface area contributed by atoms with Gasteiger partial charge < -0.3 is 20.6 Å². The van der Waals surface area contributed by atoms with Crippen molar-refractivity contribution in [3.05, 3.63) is 0 Å². The third-order valence-electron chi connectivity index (χ3n) is 4.99. The highest BCUT2D eigenvalue weighted by Gasteiger charge is 2.28. The quantitative estimate of drug-likeness (QED) is 0.702. The van der Waals surface area contributed by atoms with Gasteiger partial charge in [-0.15, -0.1) is 0 Å². The van der Waals surface area contributed by atoms with E-state index < -0.39 is 5.60 Å². The second-order valence-electron chi connectivity index (χ2n) is 6.97. The summed E-state index contributed by atoms with van der Waals surface area (Å²) in [6.45, 7) is 6.12. The molecule has 0 aromatic carbocycles. The maximum absolute atomic E-state index is 12.0. The second kappa shape index (κ2) is 7.99. The van der Waals surface area contributed by atoms with Gasteiger partial charge in [-0.1, -0.05) is 20.3 Å². The van der Waals surface area contributed by atoms with E-state index in [1.54, 1.807) is 6.92 Å². The molecular formula is C16H33N3O2. The molecule has 0 aliphatic heterocycles. The Morgan fingerprint density at radius 2 is 2.10 bits per heavy atom. The zero-order valence-electron chi connectivity index (χ0n) is 14.3. The van der Waals surface area contributed by atoms with E-state index in [0.717, 1.165) is 25.7 Å². The van der Waals surface area contributed by atoms with Crippen LogP contribution in [0, 0.1) is 5.92 Å². The molecule has 0 spiro atoms. The number of carbonyl (C=O) groups is 1. The normalized spacial score (nSPS) is 27.0. The molecule has 124 valence electrons. The van der Waals surface area contributed by atoms with E-state index in [-0.39, 0.29) is 24.5 Å². The predicted molar refractivity (Wildman–Crippen MR) is 86.3 cm³/mol. The zero-order chi connectivity index (χ0) is 16.0. The van der Waals surface area contributed by atoms with Crippen LogP contribution in [-0.4, -0.2) is 54.4 Å². The first-order chi connectivity index (χ1) is 9.76. The maximum atomic E-state index is 12.0. The number of carbonyl (C=O) groups excluding carboxylic acids is 1. The predicted octanol–water partition coefficient (Wildman–Crippen LogP) is 1.96. The summed E-state index contributed by atoms with van der Waals surface area (Å²) >= 11 is 0. The van der Waals surface area contributed by atoms with Crippen LogP contribution in [0.15, 0.2) is 0 Å². The molecule has 2 amide bonds. The van der Waals surface area contributed by atoms with E-state index in [1.807, 2.05) is 13.8 Å². The molecule has 3 N–H and O–H groups in total. The molecule has 1 rings (SSSR count). The summed E-state index contributed by atoms with van der Waals surface area (Å²) in [4.78, 5) is 14.2. The van der Waals surface area contributed by atoms with E-state index >= 15 is 0 Å². The van der Waals surface area contributed by atoms with Crippen molar-refractivity contribution in [2.45, 2.75) is 70.6 Å². The smallest absolute Gasteiger partial charge is 0.315 e. The van der Waals surface area contributed by atoms with Crippen LogP contribution in [0.25, 0.3) is 0 Å². The molecule has 1 aliphatic carbocycles. The van der Waals surface area contributed by atoms with E-state index in [1.165, 1.54) is 6.42 Å². The minimum Gasteiger partial charge on any atom is -0.388 e. The van der Waals surface area contributed by atoms with Crippen LogP contribution in [0.4, 0.5) is 4.79 Å². The minimum atomic E-state index is -0.856. The fourth-order valence-electron chi connectivity index (χ4n) is 2.87. The third kappa shape index (κ3) is 5.83. The highest BCUT2D eigenvalue weighted by molar-refractivity contribution is 5.74. The molecule has 4 atom stereocenters. The molecule has 0 heterocycles. The average Bonchev–Trinajstić information content (AvgIpc) is 2.44.